The van der Waals surface area contributed by atoms with Crippen LogP contribution in [0.5, 0.6) is 0 Å². The summed E-state index contributed by atoms with van der Waals surface area (Å²) in [6.07, 6.45) is 2.48. The van der Waals surface area contributed by atoms with Crippen molar-refractivity contribution in [3.63, 3.8) is 0 Å². The van der Waals surface area contributed by atoms with Crippen molar-refractivity contribution in [2.45, 2.75) is 24.2 Å². The molecule has 0 heterocycles. The number of rotatable bonds is 3. The molecule has 0 aliphatic heterocycles. The molecule has 0 aromatic carbocycles. The molecule has 0 aromatic rings. The van der Waals surface area contributed by atoms with Gasteiger partial charge in [0.25, 0.3) is 0 Å². The topological polar surface area (TPSA) is 20.2 Å². The summed E-state index contributed by atoms with van der Waals surface area (Å²) in [5.74, 6) is 0. The zero-order valence-corrected chi connectivity index (χ0v) is 9.19. The first-order valence-corrected chi connectivity index (χ1v) is 5.58. The van der Waals surface area contributed by atoms with Gasteiger partial charge in [0.05, 0.1) is 0 Å². The van der Waals surface area contributed by atoms with Gasteiger partial charge in [-0.25, -0.2) is 0 Å². The van der Waals surface area contributed by atoms with Crippen LogP contribution >= 0.6 is 0 Å². The summed E-state index contributed by atoms with van der Waals surface area (Å²) in [4.78, 5) is 0. The van der Waals surface area contributed by atoms with Crippen molar-refractivity contribution in [1.82, 2.24) is 0 Å². The van der Waals surface area contributed by atoms with Crippen molar-refractivity contribution >= 4 is 21.6 Å². The van der Waals surface area contributed by atoms with Crippen molar-refractivity contribution in [3.05, 3.63) is 0 Å². The zero-order valence-electron chi connectivity index (χ0n) is 4.82. The molecule has 0 bridgehead atoms. The summed E-state index contributed by atoms with van der Waals surface area (Å²) in [5, 5.41) is 0. The van der Waals surface area contributed by atoms with Crippen molar-refractivity contribution in [1.29, 1.82) is 0 Å². The maximum absolute atomic E-state index is 8.37. The standard InChI is InChI=1S/C4H9.2ClH.H2O.Sn/c1-3-4-2;;;;/h1,3-4H2,2H3;2*1H;1H2;/q;;;;+3/p-3. The fourth-order valence-electron chi connectivity index (χ4n) is 0.256. The monoisotopic (exact) mass is 264 g/mol. The summed E-state index contributed by atoms with van der Waals surface area (Å²) in [6.45, 7) is 2.15. The van der Waals surface area contributed by atoms with Gasteiger partial charge in [-0.1, -0.05) is 0 Å². The third kappa shape index (κ3) is 15.7. The molecule has 0 rings (SSSR count). The average Bonchev–Trinajstić information content (AvgIpc) is 1.61. The van der Waals surface area contributed by atoms with E-state index in [2.05, 4.69) is 6.92 Å². The fraction of sp³-hybridized carbons (Fsp3) is 1.00. The Balaban J connectivity index is -0.000000125. The summed E-state index contributed by atoms with van der Waals surface area (Å²) >= 11 is -0.810. The van der Waals surface area contributed by atoms with E-state index >= 15 is 0 Å². The van der Waals surface area contributed by atoms with E-state index in [9.17, 15) is 0 Å². The number of hydrogen-bond acceptors (Lipinski definition) is 1. The smallest absolute Gasteiger partial charge is 1.00 e. The van der Waals surface area contributed by atoms with Crippen LogP contribution in [0.25, 0.3) is 0 Å². The van der Waals surface area contributed by atoms with Gasteiger partial charge < -0.3 is 24.8 Å². The molecular formula is C4H10Cl2OSn. The first-order chi connectivity index (χ1) is 2.91. The van der Waals surface area contributed by atoms with Crippen LogP contribution in [0.2, 0.25) is 4.44 Å². The largest absolute Gasteiger partial charge is 1.00 e. The summed E-state index contributed by atoms with van der Waals surface area (Å²) in [5.41, 5.74) is 0. The molecule has 0 saturated heterocycles. The first-order valence-electron chi connectivity index (χ1n) is 2.28. The molecule has 0 aliphatic carbocycles. The van der Waals surface area contributed by atoms with E-state index in [0.29, 0.717) is 0 Å². The molecule has 0 fully saturated rings. The molecule has 1 nitrogen and oxygen atoms in total. The molecule has 4 heteroatoms. The number of halogens is 2. The van der Waals surface area contributed by atoms with E-state index in [4.69, 9.17) is 3.44 Å². The van der Waals surface area contributed by atoms with Crippen LogP contribution in [0.1, 0.15) is 19.8 Å². The molecule has 0 amide bonds. The van der Waals surface area contributed by atoms with E-state index in [1.807, 2.05) is 0 Å². The first kappa shape index (κ1) is 16.2. The number of hydrogen-bond donors (Lipinski definition) is 1. The van der Waals surface area contributed by atoms with Gasteiger partial charge in [-0.05, 0) is 0 Å². The predicted molar refractivity (Wildman–Crippen MR) is 27.7 cm³/mol. The quantitative estimate of drug-likeness (QED) is 0.399. The van der Waals surface area contributed by atoms with Gasteiger partial charge in [-0.15, -0.1) is 0 Å². The Morgan fingerprint density at radius 2 is 1.88 bits per heavy atom. The van der Waals surface area contributed by atoms with Crippen LogP contribution in [0, 0.1) is 0 Å². The maximum atomic E-state index is 8.37. The molecule has 50 valence electrons. The Labute approximate surface area is 73.8 Å². The minimum Gasteiger partial charge on any atom is -1.00 e. The molecule has 8 heavy (non-hydrogen) atoms. The second-order valence-corrected chi connectivity index (χ2v) is 3.59. The molecule has 0 atom stereocenters. The van der Waals surface area contributed by atoms with Gasteiger partial charge in [-0.2, -0.15) is 0 Å². The normalized spacial score (nSPS) is 5.75. The predicted octanol–water partition coefficient (Wildman–Crippen LogP) is -5.18. The van der Waals surface area contributed by atoms with Crippen LogP contribution < -0.4 is 24.8 Å². The Hall–Kier alpha value is 1.34. The third-order valence-corrected chi connectivity index (χ3v) is 2.29. The van der Waals surface area contributed by atoms with Crippen LogP contribution in [0.4, 0.5) is 0 Å². The second-order valence-electron chi connectivity index (χ2n) is 1.26. The Bertz CT molecular complexity index is 26.0. The molecule has 0 aromatic heterocycles. The Morgan fingerprint density at radius 1 is 1.38 bits per heavy atom. The van der Waals surface area contributed by atoms with Gasteiger partial charge in [0, 0.05) is 0 Å². The molecule has 0 aliphatic rings. The van der Waals surface area contributed by atoms with Crippen LogP contribution in [0.3, 0.4) is 0 Å². The van der Waals surface area contributed by atoms with Gasteiger partial charge in [0.15, 0.2) is 0 Å². The Morgan fingerprint density at radius 3 is 2.00 bits per heavy atom. The fourth-order valence-corrected chi connectivity index (χ4v) is 1.72. The molecule has 0 spiro atoms. The molecule has 0 radical (unpaired) electrons. The minimum atomic E-state index is -0.810. The van der Waals surface area contributed by atoms with Crippen LogP contribution in [-0.2, 0) is 0 Å². The second kappa shape index (κ2) is 15.8. The van der Waals surface area contributed by atoms with E-state index in [-0.39, 0.29) is 24.8 Å². The summed E-state index contributed by atoms with van der Waals surface area (Å²) in [7, 11) is 0. The zero-order chi connectivity index (χ0) is 4.83. The van der Waals surface area contributed by atoms with E-state index in [1.165, 1.54) is 12.8 Å². The third-order valence-electron chi connectivity index (χ3n) is 0.642. The van der Waals surface area contributed by atoms with Gasteiger partial charge in [-0.3, -0.25) is 0 Å². The van der Waals surface area contributed by atoms with Crippen LogP contribution in [-0.4, -0.2) is 25.0 Å². The SMILES string of the molecule is CCC[CH2][Sn+2][OH].[Cl-].[Cl-]. The summed E-state index contributed by atoms with van der Waals surface area (Å²) in [6, 6.07) is 0. The molecule has 0 saturated carbocycles. The van der Waals surface area contributed by atoms with E-state index < -0.39 is 21.6 Å². The molecule has 0 unspecified atom stereocenters. The maximum Gasteiger partial charge on any atom is -1.00 e. The summed E-state index contributed by atoms with van der Waals surface area (Å²) < 4.78 is 9.51. The van der Waals surface area contributed by atoms with Crippen LogP contribution in [0.15, 0.2) is 0 Å². The minimum absolute atomic E-state index is 0. The van der Waals surface area contributed by atoms with Crippen molar-refractivity contribution in [2.24, 2.45) is 0 Å². The van der Waals surface area contributed by atoms with Crippen molar-refractivity contribution < 1.29 is 28.3 Å². The molecule has 1 N–H and O–H groups in total. The number of unbranched alkanes of at least 4 members (excludes halogenated alkanes) is 1. The van der Waals surface area contributed by atoms with E-state index in [1.54, 1.807) is 0 Å². The van der Waals surface area contributed by atoms with Gasteiger partial charge in [0.2, 0.25) is 0 Å². The Kier molecular flexibility index (Phi) is 31.8. The van der Waals surface area contributed by atoms with Crippen molar-refractivity contribution in [2.75, 3.05) is 0 Å². The van der Waals surface area contributed by atoms with Gasteiger partial charge in [0.1, 0.15) is 0 Å². The average molecular weight is 264 g/mol. The van der Waals surface area contributed by atoms with E-state index in [0.717, 1.165) is 4.44 Å². The molecular weight excluding hydrogens is 254 g/mol. The van der Waals surface area contributed by atoms with Gasteiger partial charge >= 0.3 is 49.2 Å². The van der Waals surface area contributed by atoms with Crippen molar-refractivity contribution in [3.8, 4) is 0 Å².